The van der Waals surface area contributed by atoms with Gasteiger partial charge in [-0.15, -0.1) is 24.0 Å². The Morgan fingerprint density at radius 1 is 1.33 bits per heavy atom. The summed E-state index contributed by atoms with van der Waals surface area (Å²) < 4.78 is 41.8. The minimum absolute atomic E-state index is 0. The normalized spacial score (nSPS) is 14.8. The highest BCUT2D eigenvalue weighted by atomic mass is 127. The summed E-state index contributed by atoms with van der Waals surface area (Å²) in [5, 5.41) is 5.56. The van der Waals surface area contributed by atoms with Crippen LogP contribution in [0.4, 0.5) is 13.2 Å². The van der Waals surface area contributed by atoms with Crippen LogP contribution in [0, 0.1) is 5.92 Å². The van der Waals surface area contributed by atoms with Crippen molar-refractivity contribution < 1.29 is 17.9 Å². The van der Waals surface area contributed by atoms with Crippen molar-refractivity contribution in [1.29, 1.82) is 0 Å². The van der Waals surface area contributed by atoms with E-state index < -0.39 is 12.6 Å². The first kappa shape index (κ1) is 20.8. The van der Waals surface area contributed by atoms with Crippen molar-refractivity contribution in [3.63, 3.8) is 0 Å². The van der Waals surface area contributed by atoms with E-state index in [1.54, 1.807) is 12.3 Å². The maximum Gasteiger partial charge on any atom is 0.390 e. The third-order valence-electron chi connectivity index (χ3n) is 3.35. The van der Waals surface area contributed by atoms with Gasteiger partial charge in [0.2, 0.25) is 5.88 Å². The highest BCUT2D eigenvalue weighted by Gasteiger charge is 2.26. The first-order valence-corrected chi connectivity index (χ1v) is 7.55. The van der Waals surface area contributed by atoms with Crippen molar-refractivity contribution in [2.24, 2.45) is 10.9 Å². The molecule has 0 unspecified atom stereocenters. The van der Waals surface area contributed by atoms with Gasteiger partial charge in [-0.3, -0.25) is 4.99 Å². The monoisotopic (exact) mass is 458 g/mol. The van der Waals surface area contributed by atoms with Crippen LogP contribution in [0.5, 0.6) is 5.88 Å². The van der Waals surface area contributed by atoms with Crippen molar-refractivity contribution in [2.75, 3.05) is 20.2 Å². The summed E-state index contributed by atoms with van der Waals surface area (Å²) in [5.41, 5.74) is 0.891. The van der Waals surface area contributed by atoms with Gasteiger partial charge >= 0.3 is 6.18 Å². The van der Waals surface area contributed by atoms with Crippen LogP contribution in [0.3, 0.4) is 0 Å². The van der Waals surface area contributed by atoms with Gasteiger partial charge in [-0.05, 0) is 24.3 Å². The Balaban J connectivity index is 0.00000288. The number of hydrogen-bond acceptors (Lipinski definition) is 3. The second-order valence-electron chi connectivity index (χ2n) is 5.48. The van der Waals surface area contributed by atoms with Crippen molar-refractivity contribution in [3.8, 4) is 5.88 Å². The van der Waals surface area contributed by atoms with E-state index in [-0.39, 0.29) is 30.5 Å². The Labute approximate surface area is 156 Å². The van der Waals surface area contributed by atoms with E-state index in [4.69, 9.17) is 4.74 Å². The molecule has 9 heteroatoms. The second-order valence-corrected chi connectivity index (χ2v) is 5.48. The molecule has 2 rings (SSSR count). The number of aromatic nitrogens is 1. The predicted octanol–water partition coefficient (Wildman–Crippen LogP) is 3.11. The summed E-state index contributed by atoms with van der Waals surface area (Å²) >= 11 is 0. The van der Waals surface area contributed by atoms with Gasteiger partial charge in [0.1, 0.15) is 0 Å². The van der Waals surface area contributed by atoms with Gasteiger partial charge in [0.05, 0.1) is 13.0 Å². The molecule has 2 N–H and O–H groups in total. The lowest BCUT2D eigenvalue weighted by Gasteiger charge is -2.13. The van der Waals surface area contributed by atoms with E-state index in [2.05, 4.69) is 20.6 Å². The average molecular weight is 458 g/mol. The van der Waals surface area contributed by atoms with Gasteiger partial charge in [-0.1, -0.05) is 6.07 Å². The number of aliphatic imine (C=N–C) groups is 1. The average Bonchev–Trinajstić information content (AvgIpc) is 3.33. The lowest BCUT2D eigenvalue weighted by molar-refractivity contribution is -0.132. The molecule has 1 aromatic rings. The van der Waals surface area contributed by atoms with E-state index in [9.17, 15) is 13.2 Å². The van der Waals surface area contributed by atoms with E-state index in [1.807, 2.05) is 6.07 Å². The van der Waals surface area contributed by atoms with Crippen LogP contribution in [0.15, 0.2) is 23.3 Å². The molecule has 1 heterocycles. The first-order valence-electron chi connectivity index (χ1n) is 7.55. The molecule has 1 aliphatic carbocycles. The number of guanidine groups is 1. The summed E-state index contributed by atoms with van der Waals surface area (Å²) in [5.74, 6) is 1.58. The van der Waals surface area contributed by atoms with Crippen molar-refractivity contribution in [3.05, 3.63) is 23.9 Å². The molecule has 1 saturated carbocycles. The Hall–Kier alpha value is -1.26. The molecule has 1 aliphatic rings. The SMILES string of the molecule is CN=C(NCCC(F)(F)F)NCc1ccc(OCC2CC2)nc1.I. The summed E-state index contributed by atoms with van der Waals surface area (Å²) in [6.45, 7) is 0.914. The molecule has 0 spiro atoms. The maximum absolute atomic E-state index is 12.1. The second kappa shape index (κ2) is 9.90. The van der Waals surface area contributed by atoms with Crippen molar-refractivity contribution in [2.45, 2.75) is 32.0 Å². The standard InChI is InChI=1S/C15H21F3N4O.HI/c1-19-14(20-7-6-15(16,17)18)22-9-12-4-5-13(21-8-12)23-10-11-2-3-11;/h4-5,8,11H,2-3,6-7,9-10H2,1H3,(H2,19,20,22);1H. The van der Waals surface area contributed by atoms with Gasteiger partial charge in [0.25, 0.3) is 0 Å². The zero-order valence-corrected chi connectivity index (χ0v) is 15.7. The van der Waals surface area contributed by atoms with Crippen molar-refractivity contribution in [1.82, 2.24) is 15.6 Å². The van der Waals surface area contributed by atoms with Gasteiger partial charge in [0, 0.05) is 32.4 Å². The van der Waals surface area contributed by atoms with Gasteiger partial charge in [-0.2, -0.15) is 13.2 Å². The minimum atomic E-state index is -4.17. The van der Waals surface area contributed by atoms with Crippen LogP contribution in [0.2, 0.25) is 0 Å². The number of nitrogens with one attached hydrogen (secondary N) is 2. The number of nitrogens with zero attached hydrogens (tertiary/aromatic N) is 2. The third-order valence-corrected chi connectivity index (χ3v) is 3.35. The van der Waals surface area contributed by atoms with Crippen LogP contribution in [0.1, 0.15) is 24.8 Å². The fourth-order valence-electron chi connectivity index (χ4n) is 1.82. The Morgan fingerprint density at radius 2 is 2.08 bits per heavy atom. The lowest BCUT2D eigenvalue weighted by atomic mass is 10.3. The molecule has 0 atom stereocenters. The van der Waals surface area contributed by atoms with Crippen molar-refractivity contribution >= 4 is 29.9 Å². The molecule has 1 aromatic heterocycles. The molecule has 0 aromatic carbocycles. The molecule has 0 radical (unpaired) electrons. The van der Waals surface area contributed by atoms with Gasteiger partial charge in [-0.25, -0.2) is 4.98 Å². The molecule has 5 nitrogen and oxygen atoms in total. The number of rotatable bonds is 7. The third kappa shape index (κ3) is 8.55. The number of pyridine rings is 1. The van der Waals surface area contributed by atoms with Crippen LogP contribution >= 0.6 is 24.0 Å². The van der Waals surface area contributed by atoms with E-state index in [0.29, 0.717) is 30.9 Å². The number of alkyl halides is 3. The largest absolute Gasteiger partial charge is 0.477 e. The molecule has 0 saturated heterocycles. The number of hydrogen-bond donors (Lipinski definition) is 2. The summed E-state index contributed by atoms with van der Waals surface area (Å²) in [4.78, 5) is 8.08. The summed E-state index contributed by atoms with van der Waals surface area (Å²) in [6.07, 6.45) is -0.947. The lowest BCUT2D eigenvalue weighted by Crippen LogP contribution is -2.38. The fraction of sp³-hybridized carbons (Fsp3) is 0.600. The number of halogens is 4. The highest BCUT2D eigenvalue weighted by Crippen LogP contribution is 2.29. The quantitative estimate of drug-likeness (QED) is 0.375. The zero-order valence-electron chi connectivity index (χ0n) is 13.4. The molecule has 24 heavy (non-hydrogen) atoms. The molecule has 136 valence electrons. The van der Waals surface area contributed by atoms with Crippen LogP contribution in [-0.4, -0.2) is 37.3 Å². The Kier molecular flexibility index (Phi) is 8.57. The summed E-state index contributed by atoms with van der Waals surface area (Å²) in [7, 11) is 1.51. The topological polar surface area (TPSA) is 58.5 Å². The molecule has 1 fully saturated rings. The molecular formula is C15H22F3IN4O. The molecule has 0 aliphatic heterocycles. The van der Waals surface area contributed by atoms with Gasteiger partial charge in [0.15, 0.2) is 5.96 Å². The smallest absolute Gasteiger partial charge is 0.390 e. The molecule has 0 bridgehead atoms. The number of ether oxygens (including phenoxy) is 1. The van der Waals surface area contributed by atoms with E-state index in [1.165, 1.54) is 19.9 Å². The van der Waals surface area contributed by atoms with E-state index >= 15 is 0 Å². The Morgan fingerprint density at radius 3 is 2.62 bits per heavy atom. The van der Waals surface area contributed by atoms with Crippen LogP contribution < -0.4 is 15.4 Å². The molecule has 0 amide bonds. The van der Waals surface area contributed by atoms with Gasteiger partial charge < -0.3 is 15.4 Å². The Bertz CT molecular complexity index is 518. The minimum Gasteiger partial charge on any atom is -0.477 e. The molecular weight excluding hydrogens is 436 g/mol. The first-order chi connectivity index (χ1) is 11.0. The van der Waals surface area contributed by atoms with Crippen LogP contribution in [0.25, 0.3) is 0 Å². The fourth-order valence-corrected chi connectivity index (χ4v) is 1.82. The zero-order chi connectivity index (χ0) is 16.7. The summed E-state index contributed by atoms with van der Waals surface area (Å²) in [6, 6.07) is 3.66. The van der Waals surface area contributed by atoms with Crippen LogP contribution in [-0.2, 0) is 6.54 Å². The maximum atomic E-state index is 12.1. The predicted molar refractivity (Wildman–Crippen MR) is 96.7 cm³/mol. The highest BCUT2D eigenvalue weighted by molar-refractivity contribution is 14.0. The van der Waals surface area contributed by atoms with E-state index in [0.717, 1.165) is 5.56 Å².